The average Bonchev–Trinajstić information content (AvgIpc) is 2.22. The number of aromatic nitrogens is 1. The summed E-state index contributed by atoms with van der Waals surface area (Å²) in [6, 6.07) is 9.17. The summed E-state index contributed by atoms with van der Waals surface area (Å²) < 4.78 is 18.2. The van der Waals surface area contributed by atoms with Crippen LogP contribution in [0.25, 0.3) is 0 Å². The maximum Gasteiger partial charge on any atom is 0.145 e. The van der Waals surface area contributed by atoms with E-state index in [1.54, 1.807) is 24.3 Å². The number of ether oxygens (including phenoxy) is 1. The molecule has 0 aliphatic heterocycles. The molecule has 2 nitrogen and oxygen atoms in total. The summed E-state index contributed by atoms with van der Waals surface area (Å²) in [7, 11) is 0. The lowest BCUT2D eigenvalue weighted by Gasteiger charge is -2.04. The number of halogens is 2. The molecule has 0 aliphatic carbocycles. The highest BCUT2D eigenvalue weighted by molar-refractivity contribution is 6.29. The summed E-state index contributed by atoms with van der Waals surface area (Å²) >= 11 is 5.61. The molecule has 0 bridgehead atoms. The highest BCUT2D eigenvalue weighted by Gasteiger charge is 1.98. The minimum Gasteiger partial charge on any atom is -0.456 e. The minimum absolute atomic E-state index is 0.338. The maximum atomic E-state index is 12.8. The van der Waals surface area contributed by atoms with Gasteiger partial charge in [-0.25, -0.2) is 9.37 Å². The molecule has 0 radical (unpaired) electrons. The highest BCUT2D eigenvalue weighted by Crippen LogP contribution is 2.21. The van der Waals surface area contributed by atoms with Gasteiger partial charge in [0, 0.05) is 6.07 Å². The van der Waals surface area contributed by atoms with Crippen molar-refractivity contribution in [3.05, 3.63) is 53.6 Å². The summed E-state index contributed by atoms with van der Waals surface area (Å²) in [5.41, 5.74) is 0. The van der Waals surface area contributed by atoms with E-state index in [-0.39, 0.29) is 5.82 Å². The van der Waals surface area contributed by atoms with Crippen LogP contribution in [0.2, 0.25) is 5.15 Å². The van der Waals surface area contributed by atoms with Crippen molar-refractivity contribution in [2.75, 3.05) is 0 Å². The lowest BCUT2D eigenvalue weighted by molar-refractivity contribution is 0.474. The van der Waals surface area contributed by atoms with Crippen LogP contribution in [0.15, 0.2) is 42.6 Å². The Morgan fingerprint density at radius 1 is 1.13 bits per heavy atom. The molecule has 4 heteroatoms. The number of benzene rings is 1. The fourth-order valence-corrected chi connectivity index (χ4v) is 1.20. The Bertz CT molecular complexity index is 458. The van der Waals surface area contributed by atoms with E-state index in [9.17, 15) is 4.39 Å². The van der Waals surface area contributed by atoms with Crippen molar-refractivity contribution < 1.29 is 9.13 Å². The maximum absolute atomic E-state index is 12.8. The molecule has 0 N–H and O–H groups in total. The highest BCUT2D eigenvalue weighted by atomic mass is 35.5. The van der Waals surface area contributed by atoms with Crippen LogP contribution in [-0.2, 0) is 0 Å². The van der Waals surface area contributed by atoms with E-state index in [1.165, 1.54) is 18.3 Å². The molecule has 0 fully saturated rings. The predicted octanol–water partition coefficient (Wildman–Crippen LogP) is 3.67. The monoisotopic (exact) mass is 223 g/mol. The van der Waals surface area contributed by atoms with Gasteiger partial charge in [0.15, 0.2) is 0 Å². The number of rotatable bonds is 2. The van der Waals surface area contributed by atoms with E-state index >= 15 is 0 Å². The van der Waals surface area contributed by atoms with E-state index < -0.39 is 0 Å². The van der Waals surface area contributed by atoms with Gasteiger partial charge >= 0.3 is 0 Å². The van der Waals surface area contributed by atoms with E-state index in [2.05, 4.69) is 4.98 Å². The molecule has 0 aliphatic rings. The van der Waals surface area contributed by atoms with Crippen LogP contribution < -0.4 is 4.74 Å². The molecule has 0 atom stereocenters. The molecular formula is C11H7ClFNO. The Morgan fingerprint density at radius 2 is 2.00 bits per heavy atom. The number of hydrogen-bond donors (Lipinski definition) is 0. The van der Waals surface area contributed by atoms with Crippen molar-refractivity contribution >= 4 is 11.6 Å². The molecule has 1 heterocycles. The quantitative estimate of drug-likeness (QED) is 0.725. The van der Waals surface area contributed by atoms with Crippen LogP contribution >= 0.6 is 11.6 Å². The number of nitrogens with zero attached hydrogens (tertiary/aromatic N) is 1. The Morgan fingerprint density at radius 3 is 2.67 bits per heavy atom. The summed E-state index contributed by atoms with van der Waals surface area (Å²) in [6.07, 6.45) is 1.48. The summed E-state index contributed by atoms with van der Waals surface area (Å²) in [6.45, 7) is 0. The molecule has 1 aromatic heterocycles. The molecule has 0 amide bonds. The zero-order chi connectivity index (χ0) is 10.7. The van der Waals surface area contributed by atoms with Gasteiger partial charge in [0.2, 0.25) is 0 Å². The van der Waals surface area contributed by atoms with Gasteiger partial charge in [0.05, 0.1) is 6.20 Å². The third-order valence-corrected chi connectivity index (χ3v) is 1.96. The summed E-state index contributed by atoms with van der Waals surface area (Å²) in [4.78, 5) is 3.84. The van der Waals surface area contributed by atoms with Gasteiger partial charge in [-0.15, -0.1) is 0 Å². The lowest BCUT2D eigenvalue weighted by atomic mass is 10.3. The smallest absolute Gasteiger partial charge is 0.145 e. The Hall–Kier alpha value is -1.61. The van der Waals surface area contributed by atoms with Crippen molar-refractivity contribution in [2.24, 2.45) is 0 Å². The van der Waals surface area contributed by atoms with Gasteiger partial charge in [0.1, 0.15) is 22.5 Å². The van der Waals surface area contributed by atoms with Crippen LogP contribution in [0.5, 0.6) is 11.5 Å². The van der Waals surface area contributed by atoms with Crippen molar-refractivity contribution in [3.8, 4) is 11.5 Å². The zero-order valence-electron chi connectivity index (χ0n) is 7.65. The minimum atomic E-state index is -0.338. The SMILES string of the molecule is Fc1cccc(Oc2ccc(Cl)nc2)c1. The van der Waals surface area contributed by atoms with E-state index in [0.29, 0.717) is 16.7 Å². The second-order valence-corrected chi connectivity index (χ2v) is 3.26. The van der Waals surface area contributed by atoms with Gasteiger partial charge < -0.3 is 4.74 Å². The fraction of sp³-hybridized carbons (Fsp3) is 0. The van der Waals surface area contributed by atoms with Crippen molar-refractivity contribution in [1.82, 2.24) is 4.98 Å². The van der Waals surface area contributed by atoms with Crippen LogP contribution in [0.4, 0.5) is 4.39 Å². The van der Waals surface area contributed by atoms with Crippen molar-refractivity contribution in [1.29, 1.82) is 0 Å². The van der Waals surface area contributed by atoms with Gasteiger partial charge in [-0.05, 0) is 24.3 Å². The zero-order valence-corrected chi connectivity index (χ0v) is 8.41. The topological polar surface area (TPSA) is 22.1 Å². The normalized spacial score (nSPS) is 10.0. The fourth-order valence-electron chi connectivity index (χ4n) is 1.09. The molecule has 0 unspecified atom stereocenters. The second kappa shape index (κ2) is 4.28. The third-order valence-electron chi connectivity index (χ3n) is 1.73. The van der Waals surface area contributed by atoms with E-state index in [1.807, 2.05) is 0 Å². The van der Waals surface area contributed by atoms with E-state index in [4.69, 9.17) is 16.3 Å². The molecule has 0 saturated heterocycles. The Balaban J connectivity index is 2.18. The molecule has 15 heavy (non-hydrogen) atoms. The van der Waals surface area contributed by atoms with Crippen molar-refractivity contribution in [2.45, 2.75) is 0 Å². The third kappa shape index (κ3) is 2.67. The molecule has 0 spiro atoms. The number of pyridine rings is 1. The molecule has 2 aromatic rings. The van der Waals surface area contributed by atoms with Crippen LogP contribution in [0.1, 0.15) is 0 Å². The largest absolute Gasteiger partial charge is 0.456 e. The van der Waals surface area contributed by atoms with Crippen LogP contribution in [0, 0.1) is 5.82 Å². The van der Waals surface area contributed by atoms with Gasteiger partial charge in [-0.3, -0.25) is 0 Å². The predicted molar refractivity (Wildman–Crippen MR) is 55.7 cm³/mol. The second-order valence-electron chi connectivity index (χ2n) is 2.88. The molecule has 1 aromatic carbocycles. The molecule has 0 saturated carbocycles. The van der Waals surface area contributed by atoms with E-state index in [0.717, 1.165) is 0 Å². The first kappa shape index (κ1) is 9.93. The lowest BCUT2D eigenvalue weighted by Crippen LogP contribution is -1.85. The van der Waals surface area contributed by atoms with Crippen LogP contribution in [-0.4, -0.2) is 4.98 Å². The molecular weight excluding hydrogens is 217 g/mol. The van der Waals surface area contributed by atoms with Gasteiger partial charge in [0.25, 0.3) is 0 Å². The first-order valence-electron chi connectivity index (χ1n) is 4.29. The summed E-state index contributed by atoms with van der Waals surface area (Å²) in [5.74, 6) is 0.610. The summed E-state index contributed by atoms with van der Waals surface area (Å²) in [5, 5.41) is 0.390. The molecule has 76 valence electrons. The molecule has 2 rings (SSSR count). The van der Waals surface area contributed by atoms with Crippen LogP contribution in [0.3, 0.4) is 0 Å². The standard InChI is InChI=1S/C11H7ClFNO/c12-11-5-4-10(7-14-11)15-9-3-1-2-8(13)6-9/h1-7H. The first-order valence-corrected chi connectivity index (χ1v) is 4.67. The van der Waals surface area contributed by atoms with Gasteiger partial charge in [-0.1, -0.05) is 17.7 Å². The number of hydrogen-bond acceptors (Lipinski definition) is 2. The van der Waals surface area contributed by atoms with Gasteiger partial charge in [-0.2, -0.15) is 0 Å². The first-order chi connectivity index (χ1) is 7.24. The Labute approximate surface area is 91.3 Å². The average molecular weight is 224 g/mol. The van der Waals surface area contributed by atoms with Crippen molar-refractivity contribution in [3.63, 3.8) is 0 Å². The Kier molecular flexibility index (Phi) is 2.83.